The van der Waals surface area contributed by atoms with Crippen LogP contribution < -0.4 is 0 Å². The maximum Gasteiger partial charge on any atom is 0.456 e. The molecule has 1 heterocycles. The van der Waals surface area contributed by atoms with E-state index < -0.39 is 17.7 Å². The standard InChI is InChI=1S/C11H13F3N2O/c12-11(13,14)9(17)8-6-15-10(16-8)7-4-2-1-3-5-7/h6-7H,1-5H2,(H,15,16). The van der Waals surface area contributed by atoms with Crippen molar-refractivity contribution < 1.29 is 18.0 Å². The van der Waals surface area contributed by atoms with Gasteiger partial charge < -0.3 is 4.98 Å². The van der Waals surface area contributed by atoms with E-state index in [4.69, 9.17) is 0 Å². The molecule has 6 heteroatoms. The van der Waals surface area contributed by atoms with Gasteiger partial charge in [-0.25, -0.2) is 4.98 Å². The Labute approximate surface area is 96.4 Å². The molecule has 0 aromatic carbocycles. The van der Waals surface area contributed by atoms with Crippen LogP contribution in [0.1, 0.15) is 54.3 Å². The minimum atomic E-state index is -4.84. The number of hydrogen-bond donors (Lipinski definition) is 1. The van der Waals surface area contributed by atoms with Crippen LogP contribution in [0.2, 0.25) is 0 Å². The molecule has 0 radical (unpaired) electrons. The smallest absolute Gasteiger partial charge is 0.339 e. The van der Waals surface area contributed by atoms with Gasteiger partial charge in [-0.05, 0) is 12.8 Å². The molecule has 2 rings (SSSR count). The molecular weight excluding hydrogens is 233 g/mol. The van der Waals surface area contributed by atoms with Gasteiger partial charge in [-0.3, -0.25) is 4.79 Å². The number of halogens is 3. The predicted octanol–water partition coefficient (Wildman–Crippen LogP) is 3.20. The molecule has 1 aromatic rings. The number of hydrogen-bond acceptors (Lipinski definition) is 2. The van der Waals surface area contributed by atoms with Crippen molar-refractivity contribution in [1.29, 1.82) is 0 Å². The van der Waals surface area contributed by atoms with Crippen LogP contribution in [0, 0.1) is 0 Å². The molecule has 1 aliphatic rings. The summed E-state index contributed by atoms with van der Waals surface area (Å²) in [6.45, 7) is 0. The highest BCUT2D eigenvalue weighted by Gasteiger charge is 2.40. The lowest BCUT2D eigenvalue weighted by molar-refractivity contribution is -0.0888. The molecule has 1 saturated carbocycles. The Kier molecular flexibility index (Phi) is 3.22. The van der Waals surface area contributed by atoms with Crippen LogP contribution in [-0.2, 0) is 0 Å². The van der Waals surface area contributed by atoms with E-state index in [9.17, 15) is 18.0 Å². The fourth-order valence-electron chi connectivity index (χ4n) is 2.19. The molecule has 1 aliphatic carbocycles. The SMILES string of the molecule is O=C(c1cnc(C2CCCCC2)[nH]1)C(F)(F)F. The molecule has 1 N–H and O–H groups in total. The first-order chi connectivity index (χ1) is 7.98. The molecule has 94 valence electrons. The number of Topliss-reactive ketones (excluding diaryl/α,β-unsaturated/α-hetero) is 1. The number of alkyl halides is 3. The van der Waals surface area contributed by atoms with Crippen molar-refractivity contribution in [1.82, 2.24) is 9.97 Å². The lowest BCUT2D eigenvalue weighted by atomic mass is 9.89. The molecule has 1 aromatic heterocycles. The Morgan fingerprint density at radius 1 is 1.29 bits per heavy atom. The summed E-state index contributed by atoms with van der Waals surface area (Å²) < 4.78 is 36.6. The summed E-state index contributed by atoms with van der Waals surface area (Å²) in [6.07, 6.45) is 1.28. The fourth-order valence-corrected chi connectivity index (χ4v) is 2.19. The van der Waals surface area contributed by atoms with Crippen LogP contribution >= 0.6 is 0 Å². The number of nitrogens with zero attached hydrogens (tertiary/aromatic N) is 1. The summed E-state index contributed by atoms with van der Waals surface area (Å²) in [7, 11) is 0. The second kappa shape index (κ2) is 4.50. The maximum absolute atomic E-state index is 12.2. The third-order valence-corrected chi connectivity index (χ3v) is 3.09. The first kappa shape index (κ1) is 12.1. The summed E-state index contributed by atoms with van der Waals surface area (Å²) in [5.74, 6) is -1.18. The second-order valence-corrected chi connectivity index (χ2v) is 4.34. The van der Waals surface area contributed by atoms with Gasteiger partial charge in [0.2, 0.25) is 0 Å². The average molecular weight is 246 g/mol. The highest BCUT2D eigenvalue weighted by molar-refractivity contribution is 5.98. The summed E-state index contributed by atoms with van der Waals surface area (Å²) in [6, 6.07) is 0. The highest BCUT2D eigenvalue weighted by Crippen LogP contribution is 2.31. The number of nitrogens with one attached hydrogen (secondary N) is 1. The minimum Gasteiger partial charge on any atom is -0.339 e. The van der Waals surface area contributed by atoms with E-state index in [1.807, 2.05) is 0 Å². The van der Waals surface area contributed by atoms with Gasteiger partial charge in [0.25, 0.3) is 5.78 Å². The quantitative estimate of drug-likeness (QED) is 0.814. The van der Waals surface area contributed by atoms with Crippen LogP contribution in [-0.4, -0.2) is 21.9 Å². The molecule has 3 nitrogen and oxygen atoms in total. The van der Waals surface area contributed by atoms with E-state index in [0.29, 0.717) is 5.82 Å². The zero-order chi connectivity index (χ0) is 12.5. The molecule has 0 atom stereocenters. The number of ketones is 1. The van der Waals surface area contributed by atoms with Crippen molar-refractivity contribution >= 4 is 5.78 Å². The Hall–Kier alpha value is -1.33. The van der Waals surface area contributed by atoms with E-state index in [1.54, 1.807) is 0 Å². The monoisotopic (exact) mass is 246 g/mol. The number of aromatic amines is 1. The molecule has 0 amide bonds. The highest BCUT2D eigenvalue weighted by atomic mass is 19.4. The largest absolute Gasteiger partial charge is 0.456 e. The predicted molar refractivity (Wildman–Crippen MR) is 54.8 cm³/mol. The molecule has 0 spiro atoms. The van der Waals surface area contributed by atoms with Crippen LogP contribution in [0.5, 0.6) is 0 Å². The normalized spacial score (nSPS) is 18.3. The van der Waals surface area contributed by atoms with Gasteiger partial charge in [-0.2, -0.15) is 13.2 Å². The Morgan fingerprint density at radius 2 is 1.94 bits per heavy atom. The van der Waals surface area contributed by atoms with Gasteiger partial charge in [-0.15, -0.1) is 0 Å². The van der Waals surface area contributed by atoms with Crippen molar-refractivity contribution in [2.24, 2.45) is 0 Å². The fraction of sp³-hybridized carbons (Fsp3) is 0.636. The van der Waals surface area contributed by atoms with Gasteiger partial charge in [0.05, 0.1) is 6.20 Å². The van der Waals surface area contributed by atoms with E-state index in [2.05, 4.69) is 9.97 Å². The number of H-pyrrole nitrogens is 1. The summed E-state index contributed by atoms with van der Waals surface area (Å²) in [5.41, 5.74) is -0.460. The molecular formula is C11H13F3N2O. The van der Waals surface area contributed by atoms with Crippen LogP contribution in [0.25, 0.3) is 0 Å². The number of carbonyl (C=O) groups is 1. The summed E-state index contributed by atoms with van der Waals surface area (Å²) in [5, 5.41) is 0. The van der Waals surface area contributed by atoms with E-state index in [1.165, 1.54) is 0 Å². The van der Waals surface area contributed by atoms with Crippen LogP contribution in [0.3, 0.4) is 0 Å². The molecule has 0 saturated heterocycles. The lowest BCUT2D eigenvalue weighted by Crippen LogP contribution is -2.23. The first-order valence-electron chi connectivity index (χ1n) is 5.65. The Morgan fingerprint density at radius 3 is 2.53 bits per heavy atom. The molecule has 0 unspecified atom stereocenters. The number of aromatic nitrogens is 2. The third-order valence-electron chi connectivity index (χ3n) is 3.09. The zero-order valence-electron chi connectivity index (χ0n) is 9.18. The molecule has 0 aliphatic heterocycles. The van der Waals surface area contributed by atoms with Crippen molar-refractivity contribution in [2.45, 2.75) is 44.2 Å². The van der Waals surface area contributed by atoms with Gasteiger partial charge in [0, 0.05) is 5.92 Å². The molecule has 0 bridgehead atoms. The molecule has 17 heavy (non-hydrogen) atoms. The Balaban J connectivity index is 2.12. The van der Waals surface area contributed by atoms with Crippen molar-refractivity contribution in [2.75, 3.05) is 0 Å². The maximum atomic E-state index is 12.2. The number of carbonyl (C=O) groups excluding carboxylic acids is 1. The summed E-state index contributed by atoms with van der Waals surface area (Å²) in [4.78, 5) is 17.4. The van der Waals surface area contributed by atoms with E-state index in [0.717, 1.165) is 38.3 Å². The number of rotatable bonds is 2. The van der Waals surface area contributed by atoms with Gasteiger partial charge in [0.15, 0.2) is 0 Å². The van der Waals surface area contributed by atoms with Crippen LogP contribution in [0.15, 0.2) is 6.20 Å². The van der Waals surface area contributed by atoms with Gasteiger partial charge in [0.1, 0.15) is 11.5 Å². The van der Waals surface area contributed by atoms with Gasteiger partial charge >= 0.3 is 6.18 Å². The van der Waals surface area contributed by atoms with Crippen LogP contribution in [0.4, 0.5) is 13.2 Å². The topological polar surface area (TPSA) is 45.8 Å². The Bertz CT molecular complexity index is 405. The lowest BCUT2D eigenvalue weighted by Gasteiger charge is -2.19. The summed E-state index contributed by atoms with van der Waals surface area (Å²) >= 11 is 0. The average Bonchev–Trinajstić information content (AvgIpc) is 2.77. The van der Waals surface area contributed by atoms with Crippen molar-refractivity contribution in [3.63, 3.8) is 0 Å². The van der Waals surface area contributed by atoms with E-state index in [-0.39, 0.29) is 5.92 Å². The molecule has 1 fully saturated rings. The van der Waals surface area contributed by atoms with Crippen molar-refractivity contribution in [3.8, 4) is 0 Å². The minimum absolute atomic E-state index is 0.165. The number of imidazole rings is 1. The van der Waals surface area contributed by atoms with Gasteiger partial charge in [-0.1, -0.05) is 19.3 Å². The van der Waals surface area contributed by atoms with Crippen molar-refractivity contribution in [3.05, 3.63) is 17.7 Å². The third kappa shape index (κ3) is 2.68. The van der Waals surface area contributed by atoms with E-state index >= 15 is 0 Å². The first-order valence-corrected chi connectivity index (χ1v) is 5.65. The second-order valence-electron chi connectivity index (χ2n) is 4.34. The zero-order valence-corrected chi connectivity index (χ0v) is 9.18.